The molecule has 21 heavy (non-hydrogen) atoms. The highest BCUT2D eigenvalue weighted by Crippen LogP contribution is 2.44. The van der Waals surface area contributed by atoms with Gasteiger partial charge in [-0.3, -0.25) is 0 Å². The van der Waals surface area contributed by atoms with Crippen molar-refractivity contribution in [3.05, 3.63) is 35.6 Å². The molecule has 2 N–H and O–H groups in total. The number of nitrogens with two attached hydrogens (primary N) is 1. The van der Waals surface area contributed by atoms with Crippen LogP contribution in [0.3, 0.4) is 0 Å². The average Bonchev–Trinajstić information content (AvgIpc) is 2.51. The summed E-state index contributed by atoms with van der Waals surface area (Å²) < 4.78 is 13.3. The molecule has 116 valence electrons. The molecule has 1 aliphatic carbocycles. The number of hydrogen-bond acceptors (Lipinski definition) is 2. The molecule has 3 heteroatoms. The Morgan fingerprint density at radius 2 is 1.81 bits per heavy atom. The summed E-state index contributed by atoms with van der Waals surface area (Å²) in [6.45, 7) is 3.16. The van der Waals surface area contributed by atoms with Crippen LogP contribution in [0.4, 0.5) is 4.39 Å². The third-order valence-corrected chi connectivity index (χ3v) is 5.56. The van der Waals surface area contributed by atoms with Gasteiger partial charge in [-0.2, -0.15) is 0 Å². The average molecular weight is 290 g/mol. The van der Waals surface area contributed by atoms with Crippen molar-refractivity contribution in [3.63, 3.8) is 0 Å². The highest BCUT2D eigenvalue weighted by Gasteiger charge is 2.35. The summed E-state index contributed by atoms with van der Waals surface area (Å²) >= 11 is 0. The predicted octanol–water partition coefficient (Wildman–Crippen LogP) is 3.87. The molecule has 2 fully saturated rings. The zero-order valence-electron chi connectivity index (χ0n) is 12.9. The topological polar surface area (TPSA) is 29.3 Å². The number of rotatable bonds is 3. The first kappa shape index (κ1) is 15.0. The van der Waals surface area contributed by atoms with Gasteiger partial charge in [-0.1, -0.05) is 31.4 Å². The lowest BCUT2D eigenvalue weighted by atomic mass is 9.68. The van der Waals surface area contributed by atoms with E-state index in [9.17, 15) is 4.39 Å². The van der Waals surface area contributed by atoms with Crippen LogP contribution in [0.15, 0.2) is 24.3 Å². The third-order valence-electron chi connectivity index (χ3n) is 5.56. The van der Waals surface area contributed by atoms with Crippen molar-refractivity contribution in [2.45, 2.75) is 51.0 Å². The molecule has 2 aliphatic rings. The van der Waals surface area contributed by atoms with Crippen molar-refractivity contribution in [3.8, 4) is 0 Å². The summed E-state index contributed by atoms with van der Waals surface area (Å²) in [7, 11) is 0. The van der Waals surface area contributed by atoms with Crippen molar-refractivity contribution in [1.82, 2.24) is 4.90 Å². The van der Waals surface area contributed by atoms with E-state index in [1.807, 2.05) is 6.07 Å². The molecule has 1 unspecified atom stereocenters. The molecule has 1 spiro atoms. The van der Waals surface area contributed by atoms with Gasteiger partial charge in [-0.25, -0.2) is 4.39 Å². The Balaban J connectivity index is 1.53. The molecule has 1 aliphatic heterocycles. The Morgan fingerprint density at radius 1 is 1.10 bits per heavy atom. The molecular formula is C18H27FN2. The van der Waals surface area contributed by atoms with Crippen LogP contribution in [0.2, 0.25) is 0 Å². The van der Waals surface area contributed by atoms with E-state index >= 15 is 0 Å². The largest absolute Gasteiger partial charge is 0.323 e. The van der Waals surface area contributed by atoms with Crippen LogP contribution in [-0.2, 0) is 0 Å². The van der Waals surface area contributed by atoms with E-state index in [-0.39, 0.29) is 11.9 Å². The molecule has 0 amide bonds. The van der Waals surface area contributed by atoms with Crippen LogP contribution >= 0.6 is 0 Å². The van der Waals surface area contributed by atoms with Crippen molar-refractivity contribution >= 4 is 0 Å². The number of hydrogen-bond donors (Lipinski definition) is 1. The Bertz CT molecular complexity index is 458. The SMILES string of the molecule is NC(CN1CCC2(CCCCC2)CC1)c1cccc(F)c1. The normalized spacial score (nSPS) is 24.1. The fourth-order valence-corrected chi connectivity index (χ4v) is 4.13. The Morgan fingerprint density at radius 3 is 2.48 bits per heavy atom. The van der Waals surface area contributed by atoms with Gasteiger partial charge in [-0.15, -0.1) is 0 Å². The first-order valence-corrected chi connectivity index (χ1v) is 8.40. The molecule has 2 nitrogen and oxygen atoms in total. The maximum absolute atomic E-state index is 13.3. The molecule has 1 aromatic carbocycles. The fraction of sp³-hybridized carbons (Fsp3) is 0.667. The molecule has 1 saturated heterocycles. The smallest absolute Gasteiger partial charge is 0.123 e. The minimum atomic E-state index is -0.192. The van der Waals surface area contributed by atoms with Gasteiger partial charge in [0.05, 0.1) is 0 Å². The molecule has 1 atom stereocenters. The summed E-state index contributed by atoms with van der Waals surface area (Å²) in [6, 6.07) is 6.64. The van der Waals surface area contributed by atoms with E-state index in [0.29, 0.717) is 5.41 Å². The molecule has 0 radical (unpaired) electrons. The number of piperidine rings is 1. The Kier molecular flexibility index (Phi) is 4.60. The lowest BCUT2D eigenvalue weighted by Crippen LogP contribution is -2.43. The molecule has 1 aromatic rings. The van der Waals surface area contributed by atoms with Gasteiger partial charge in [-0.05, 0) is 61.9 Å². The van der Waals surface area contributed by atoms with Gasteiger partial charge < -0.3 is 10.6 Å². The maximum atomic E-state index is 13.3. The number of halogens is 1. The van der Waals surface area contributed by atoms with Crippen LogP contribution in [0.5, 0.6) is 0 Å². The van der Waals surface area contributed by atoms with Crippen LogP contribution in [0.25, 0.3) is 0 Å². The third kappa shape index (κ3) is 3.64. The van der Waals surface area contributed by atoms with E-state index in [1.54, 1.807) is 12.1 Å². The van der Waals surface area contributed by atoms with Crippen molar-refractivity contribution in [2.24, 2.45) is 11.1 Å². The first-order valence-electron chi connectivity index (χ1n) is 8.40. The van der Waals surface area contributed by atoms with Gasteiger partial charge in [0, 0.05) is 12.6 Å². The van der Waals surface area contributed by atoms with Crippen LogP contribution in [-0.4, -0.2) is 24.5 Å². The molecule has 0 bridgehead atoms. The molecule has 1 heterocycles. The zero-order chi connectivity index (χ0) is 14.7. The van der Waals surface area contributed by atoms with Crippen molar-refractivity contribution < 1.29 is 4.39 Å². The van der Waals surface area contributed by atoms with Gasteiger partial charge in [0.2, 0.25) is 0 Å². The standard InChI is InChI=1S/C18H27FN2/c19-16-6-4-5-15(13-16)17(20)14-21-11-9-18(10-12-21)7-2-1-3-8-18/h4-6,13,17H,1-3,7-12,14,20H2. The molecular weight excluding hydrogens is 263 g/mol. The summed E-state index contributed by atoms with van der Waals surface area (Å²) in [4.78, 5) is 2.47. The quantitative estimate of drug-likeness (QED) is 0.915. The van der Waals surface area contributed by atoms with Gasteiger partial charge in [0.1, 0.15) is 5.82 Å². The lowest BCUT2D eigenvalue weighted by Gasteiger charge is -2.44. The lowest BCUT2D eigenvalue weighted by molar-refractivity contribution is 0.0649. The summed E-state index contributed by atoms with van der Waals surface area (Å²) in [5.41, 5.74) is 7.80. The monoisotopic (exact) mass is 290 g/mol. The van der Waals surface area contributed by atoms with Gasteiger partial charge >= 0.3 is 0 Å². The van der Waals surface area contributed by atoms with Crippen LogP contribution in [0, 0.1) is 11.2 Å². The highest BCUT2D eigenvalue weighted by atomic mass is 19.1. The van der Waals surface area contributed by atoms with E-state index in [4.69, 9.17) is 5.73 Å². The molecule has 1 saturated carbocycles. The predicted molar refractivity (Wildman–Crippen MR) is 84.5 cm³/mol. The summed E-state index contributed by atoms with van der Waals surface area (Å²) in [5.74, 6) is -0.192. The van der Waals surface area contributed by atoms with Crippen LogP contribution in [0.1, 0.15) is 56.6 Å². The summed E-state index contributed by atoms with van der Waals surface area (Å²) in [5, 5.41) is 0. The van der Waals surface area contributed by atoms with E-state index in [0.717, 1.165) is 25.2 Å². The first-order chi connectivity index (χ1) is 10.2. The van der Waals surface area contributed by atoms with Gasteiger partial charge in [0.15, 0.2) is 0 Å². The van der Waals surface area contributed by atoms with Crippen molar-refractivity contribution in [1.29, 1.82) is 0 Å². The maximum Gasteiger partial charge on any atom is 0.123 e. The Labute approximate surface area is 127 Å². The molecule has 0 aromatic heterocycles. The number of nitrogens with zero attached hydrogens (tertiary/aromatic N) is 1. The minimum absolute atomic E-state index is 0.0823. The number of benzene rings is 1. The Hall–Kier alpha value is -0.930. The molecule has 3 rings (SSSR count). The van der Waals surface area contributed by atoms with E-state index < -0.39 is 0 Å². The summed E-state index contributed by atoms with van der Waals surface area (Å²) in [6.07, 6.45) is 9.76. The van der Waals surface area contributed by atoms with Crippen LogP contribution < -0.4 is 5.73 Å². The van der Waals surface area contributed by atoms with E-state index in [2.05, 4.69) is 4.90 Å². The fourth-order valence-electron chi connectivity index (χ4n) is 4.13. The van der Waals surface area contributed by atoms with Gasteiger partial charge in [0.25, 0.3) is 0 Å². The zero-order valence-corrected chi connectivity index (χ0v) is 12.9. The number of likely N-dealkylation sites (tertiary alicyclic amines) is 1. The van der Waals surface area contributed by atoms with Crippen molar-refractivity contribution in [2.75, 3.05) is 19.6 Å². The minimum Gasteiger partial charge on any atom is -0.323 e. The second-order valence-electron chi connectivity index (χ2n) is 7.02. The van der Waals surface area contributed by atoms with E-state index in [1.165, 1.54) is 51.0 Å². The highest BCUT2D eigenvalue weighted by molar-refractivity contribution is 5.20. The second-order valence-corrected chi connectivity index (χ2v) is 7.02. The second kappa shape index (κ2) is 6.45.